The van der Waals surface area contributed by atoms with Crippen molar-refractivity contribution in [1.29, 1.82) is 5.26 Å². The molecule has 0 atom stereocenters. The molecule has 20 heavy (non-hydrogen) atoms. The van der Waals surface area contributed by atoms with E-state index in [1.807, 2.05) is 38.1 Å². The molecule has 1 N–H and O–H groups in total. The molecule has 2 heterocycles. The van der Waals surface area contributed by atoms with E-state index < -0.39 is 0 Å². The Bertz CT molecular complexity index is 912. The minimum absolute atomic E-state index is 0.276. The summed E-state index contributed by atoms with van der Waals surface area (Å²) in [4.78, 5) is 14.9. The number of rotatable bonds is 1. The molecular weight excluding hydrogens is 252 g/mol. The number of aromatic nitrogens is 3. The van der Waals surface area contributed by atoms with Gasteiger partial charge < -0.3 is 4.98 Å². The van der Waals surface area contributed by atoms with E-state index in [0.717, 1.165) is 11.1 Å². The highest BCUT2D eigenvalue weighted by Crippen LogP contribution is 2.19. The van der Waals surface area contributed by atoms with Crippen molar-refractivity contribution in [2.45, 2.75) is 13.8 Å². The number of aromatic amines is 1. The first-order valence-electron chi connectivity index (χ1n) is 6.18. The zero-order valence-corrected chi connectivity index (χ0v) is 11.1. The Morgan fingerprint density at radius 1 is 1.30 bits per heavy atom. The number of benzene rings is 1. The number of fused-ring (bicyclic) bond motifs is 1. The molecule has 0 bridgehead atoms. The lowest BCUT2D eigenvalue weighted by Crippen LogP contribution is -2.11. The van der Waals surface area contributed by atoms with Gasteiger partial charge in [-0.25, -0.2) is 4.52 Å². The highest BCUT2D eigenvalue weighted by molar-refractivity contribution is 5.64. The number of hydrogen-bond donors (Lipinski definition) is 1. The van der Waals surface area contributed by atoms with Gasteiger partial charge in [0.15, 0.2) is 0 Å². The van der Waals surface area contributed by atoms with Crippen LogP contribution in [0, 0.1) is 25.2 Å². The molecule has 5 nitrogen and oxygen atoms in total. The van der Waals surface area contributed by atoms with E-state index >= 15 is 0 Å². The Balaban J connectivity index is 2.26. The van der Waals surface area contributed by atoms with Crippen LogP contribution in [0.15, 0.2) is 35.4 Å². The van der Waals surface area contributed by atoms with Gasteiger partial charge in [-0.1, -0.05) is 12.1 Å². The summed E-state index contributed by atoms with van der Waals surface area (Å²) in [5.74, 6) is 0. The molecule has 5 heteroatoms. The summed E-state index contributed by atoms with van der Waals surface area (Å²) in [6.07, 6.45) is 3.12. The first kappa shape index (κ1) is 12.2. The molecule has 0 aliphatic heterocycles. The third-order valence-corrected chi connectivity index (χ3v) is 3.45. The SMILES string of the molecule is Cc1ccc(-c2cn3ncc(C#N)c3c(=O)[nH]2)cc1C. The minimum Gasteiger partial charge on any atom is -0.319 e. The van der Waals surface area contributed by atoms with Gasteiger partial charge in [-0.2, -0.15) is 10.4 Å². The first-order chi connectivity index (χ1) is 9.60. The highest BCUT2D eigenvalue weighted by atomic mass is 16.1. The van der Waals surface area contributed by atoms with Crippen LogP contribution in [0.5, 0.6) is 0 Å². The van der Waals surface area contributed by atoms with Crippen molar-refractivity contribution >= 4 is 5.52 Å². The summed E-state index contributed by atoms with van der Waals surface area (Å²) >= 11 is 0. The molecule has 0 fully saturated rings. The second-order valence-electron chi connectivity index (χ2n) is 4.76. The van der Waals surface area contributed by atoms with E-state index in [-0.39, 0.29) is 16.6 Å². The van der Waals surface area contributed by atoms with Crippen LogP contribution in [0.4, 0.5) is 0 Å². The number of nitriles is 1. The molecular formula is C15H12N4O. The molecule has 1 aromatic carbocycles. The van der Waals surface area contributed by atoms with Crippen LogP contribution in [0.3, 0.4) is 0 Å². The molecule has 98 valence electrons. The van der Waals surface area contributed by atoms with E-state index in [0.29, 0.717) is 5.69 Å². The van der Waals surface area contributed by atoms with Crippen molar-refractivity contribution in [3.8, 4) is 17.3 Å². The summed E-state index contributed by atoms with van der Waals surface area (Å²) in [5, 5.41) is 13.0. The monoisotopic (exact) mass is 264 g/mol. The summed E-state index contributed by atoms with van der Waals surface area (Å²) in [6, 6.07) is 7.94. The third-order valence-electron chi connectivity index (χ3n) is 3.45. The fourth-order valence-corrected chi connectivity index (χ4v) is 2.16. The molecule has 0 spiro atoms. The van der Waals surface area contributed by atoms with Crippen molar-refractivity contribution < 1.29 is 0 Å². The number of aryl methyl sites for hydroxylation is 2. The average Bonchev–Trinajstić information content (AvgIpc) is 2.85. The standard InChI is InChI=1S/C15H12N4O/c1-9-3-4-11(5-10(9)2)13-8-19-14(15(20)18-13)12(6-16)7-17-19/h3-5,7-8H,1-2H3,(H,18,20). The van der Waals surface area contributed by atoms with Crippen molar-refractivity contribution in [3.05, 3.63) is 57.6 Å². The molecule has 0 saturated carbocycles. The van der Waals surface area contributed by atoms with Gasteiger partial charge in [0.2, 0.25) is 0 Å². The Labute approximate surface area is 115 Å². The average molecular weight is 264 g/mol. The summed E-state index contributed by atoms with van der Waals surface area (Å²) in [5.41, 5.74) is 4.19. The van der Waals surface area contributed by atoms with Crippen LogP contribution in [0.1, 0.15) is 16.7 Å². The van der Waals surface area contributed by atoms with Crippen LogP contribution in [-0.2, 0) is 0 Å². The zero-order chi connectivity index (χ0) is 14.3. The molecule has 2 aromatic heterocycles. The fraction of sp³-hybridized carbons (Fsp3) is 0.133. The summed E-state index contributed by atoms with van der Waals surface area (Å²) in [7, 11) is 0. The molecule has 0 radical (unpaired) electrons. The normalized spacial score (nSPS) is 10.7. The van der Waals surface area contributed by atoms with Crippen LogP contribution >= 0.6 is 0 Å². The van der Waals surface area contributed by atoms with Gasteiger partial charge in [-0.3, -0.25) is 4.79 Å². The third kappa shape index (κ3) is 1.79. The molecule has 3 rings (SSSR count). The van der Waals surface area contributed by atoms with E-state index in [2.05, 4.69) is 10.1 Å². The number of nitrogens with zero attached hydrogens (tertiary/aromatic N) is 3. The molecule has 3 aromatic rings. The summed E-state index contributed by atoms with van der Waals surface area (Å²) < 4.78 is 1.45. The van der Waals surface area contributed by atoms with E-state index in [4.69, 9.17) is 5.26 Å². The van der Waals surface area contributed by atoms with E-state index in [1.54, 1.807) is 6.20 Å². The molecule has 0 unspecified atom stereocenters. The lowest BCUT2D eigenvalue weighted by atomic mass is 10.0. The van der Waals surface area contributed by atoms with Crippen molar-refractivity contribution in [2.24, 2.45) is 0 Å². The van der Waals surface area contributed by atoms with E-state index in [9.17, 15) is 4.79 Å². The predicted molar refractivity (Wildman–Crippen MR) is 75.4 cm³/mol. The summed E-state index contributed by atoms with van der Waals surface area (Å²) in [6.45, 7) is 4.06. The predicted octanol–water partition coefficient (Wildman–Crippen LogP) is 2.18. The second kappa shape index (κ2) is 4.35. The van der Waals surface area contributed by atoms with Crippen LogP contribution < -0.4 is 5.56 Å². The van der Waals surface area contributed by atoms with Gasteiger partial charge in [0.25, 0.3) is 5.56 Å². The number of nitrogens with one attached hydrogen (secondary N) is 1. The molecule has 0 aliphatic carbocycles. The largest absolute Gasteiger partial charge is 0.319 e. The quantitative estimate of drug-likeness (QED) is 0.732. The van der Waals surface area contributed by atoms with Gasteiger partial charge in [0.1, 0.15) is 17.1 Å². The van der Waals surface area contributed by atoms with Crippen molar-refractivity contribution in [1.82, 2.24) is 14.6 Å². The van der Waals surface area contributed by atoms with Crippen molar-refractivity contribution in [2.75, 3.05) is 0 Å². The molecule has 0 amide bonds. The zero-order valence-electron chi connectivity index (χ0n) is 11.1. The second-order valence-corrected chi connectivity index (χ2v) is 4.76. The smallest absolute Gasteiger partial charge is 0.275 e. The maximum Gasteiger partial charge on any atom is 0.275 e. The van der Waals surface area contributed by atoms with Gasteiger partial charge >= 0.3 is 0 Å². The fourth-order valence-electron chi connectivity index (χ4n) is 2.16. The van der Waals surface area contributed by atoms with Crippen LogP contribution in [0.2, 0.25) is 0 Å². The first-order valence-corrected chi connectivity index (χ1v) is 6.18. The van der Waals surface area contributed by atoms with Crippen LogP contribution in [0.25, 0.3) is 16.8 Å². The van der Waals surface area contributed by atoms with E-state index in [1.165, 1.54) is 16.3 Å². The topological polar surface area (TPSA) is 74.0 Å². The minimum atomic E-state index is -0.310. The number of hydrogen-bond acceptors (Lipinski definition) is 3. The number of H-pyrrole nitrogens is 1. The molecule has 0 saturated heterocycles. The Hall–Kier alpha value is -2.87. The van der Waals surface area contributed by atoms with Gasteiger partial charge in [-0.15, -0.1) is 0 Å². The Morgan fingerprint density at radius 2 is 2.10 bits per heavy atom. The maximum atomic E-state index is 12.1. The van der Waals surface area contributed by atoms with Gasteiger partial charge in [-0.05, 0) is 36.6 Å². The highest BCUT2D eigenvalue weighted by Gasteiger charge is 2.10. The Morgan fingerprint density at radius 3 is 2.80 bits per heavy atom. The lowest BCUT2D eigenvalue weighted by Gasteiger charge is -2.06. The lowest BCUT2D eigenvalue weighted by molar-refractivity contribution is 0.939. The molecule has 0 aliphatic rings. The van der Waals surface area contributed by atoms with Crippen LogP contribution in [-0.4, -0.2) is 14.6 Å². The van der Waals surface area contributed by atoms with Crippen molar-refractivity contribution in [3.63, 3.8) is 0 Å². The van der Waals surface area contributed by atoms with Gasteiger partial charge in [0, 0.05) is 0 Å². The van der Waals surface area contributed by atoms with Gasteiger partial charge in [0.05, 0.1) is 18.1 Å². The Kier molecular flexibility index (Phi) is 2.65. The maximum absolute atomic E-state index is 12.1.